The second-order valence-electron chi connectivity index (χ2n) is 6.63. The van der Waals surface area contributed by atoms with Crippen molar-refractivity contribution in [3.63, 3.8) is 0 Å². The quantitative estimate of drug-likeness (QED) is 0.505. The lowest BCUT2D eigenvalue weighted by Gasteiger charge is -2.26. The molecule has 0 heterocycles. The molecule has 0 bridgehead atoms. The van der Waals surface area contributed by atoms with Gasteiger partial charge in [0.05, 0.1) is 0 Å². The summed E-state index contributed by atoms with van der Waals surface area (Å²) in [7, 11) is 0. The molecule has 1 aliphatic carbocycles. The van der Waals surface area contributed by atoms with Crippen molar-refractivity contribution >= 4 is 0 Å². The van der Waals surface area contributed by atoms with Crippen molar-refractivity contribution in [2.75, 3.05) is 0 Å². The van der Waals surface area contributed by atoms with Crippen LogP contribution in [0.5, 0.6) is 0 Å². The average Bonchev–Trinajstić information content (AvgIpc) is 2.69. The number of halogens is 2. The predicted octanol–water partition coefficient (Wildman–Crippen LogP) is 8.29. The van der Waals surface area contributed by atoms with Crippen LogP contribution in [0.4, 0.5) is 8.78 Å². The molecule has 0 atom stereocenters. The zero-order chi connectivity index (χ0) is 19.7. The van der Waals surface area contributed by atoms with Crippen LogP contribution in [0.3, 0.4) is 0 Å². The zero-order valence-corrected chi connectivity index (χ0v) is 17.2. The number of aryl methyl sites for hydroxylation is 1. The van der Waals surface area contributed by atoms with E-state index in [2.05, 4.69) is 19.1 Å². The van der Waals surface area contributed by atoms with Gasteiger partial charge in [0.15, 0.2) is 11.6 Å². The Morgan fingerprint density at radius 3 is 1.85 bits per heavy atom. The van der Waals surface area contributed by atoms with E-state index < -0.39 is 11.6 Å². The minimum Gasteiger partial charge on any atom is -0.204 e. The SMILES string of the molecule is CC.CC.Cc1ccc(F)c(F)c1-c1ccc(C2CCC(C)CC2)cc1. The minimum atomic E-state index is -0.786. The molecule has 2 heteroatoms. The summed E-state index contributed by atoms with van der Waals surface area (Å²) >= 11 is 0. The smallest absolute Gasteiger partial charge is 0.166 e. The van der Waals surface area contributed by atoms with Crippen molar-refractivity contribution in [2.45, 2.75) is 73.1 Å². The van der Waals surface area contributed by atoms with Gasteiger partial charge in [0.25, 0.3) is 0 Å². The second kappa shape index (κ2) is 11.1. The van der Waals surface area contributed by atoms with E-state index in [9.17, 15) is 8.78 Å². The lowest BCUT2D eigenvalue weighted by atomic mass is 9.79. The minimum absolute atomic E-state index is 0.379. The van der Waals surface area contributed by atoms with Crippen molar-refractivity contribution in [1.82, 2.24) is 0 Å². The Bertz CT molecular complexity index is 651. The molecule has 1 aliphatic rings. The van der Waals surface area contributed by atoms with Crippen LogP contribution in [0.25, 0.3) is 11.1 Å². The van der Waals surface area contributed by atoms with Gasteiger partial charge >= 0.3 is 0 Å². The van der Waals surface area contributed by atoms with Crippen LogP contribution in [0.2, 0.25) is 0 Å². The third kappa shape index (κ3) is 5.40. The standard InChI is InChI=1S/C20H22F2.2C2H6/c1-13-3-6-15(7-4-13)16-8-10-17(11-9-16)19-14(2)5-12-18(21)20(19)22;2*1-2/h5,8-13,15H,3-4,6-7H2,1-2H3;2*1-2H3. The van der Waals surface area contributed by atoms with E-state index in [0.29, 0.717) is 11.5 Å². The van der Waals surface area contributed by atoms with Crippen LogP contribution in [-0.4, -0.2) is 0 Å². The highest BCUT2D eigenvalue weighted by atomic mass is 19.2. The molecule has 0 radical (unpaired) electrons. The fourth-order valence-electron chi connectivity index (χ4n) is 3.52. The molecule has 144 valence electrons. The van der Waals surface area contributed by atoms with Gasteiger partial charge in [0, 0.05) is 5.56 Å². The van der Waals surface area contributed by atoms with Crippen molar-refractivity contribution in [3.8, 4) is 11.1 Å². The highest BCUT2D eigenvalue weighted by Gasteiger charge is 2.20. The molecule has 1 saturated carbocycles. The topological polar surface area (TPSA) is 0 Å². The molecule has 0 spiro atoms. The number of hydrogen-bond donors (Lipinski definition) is 0. The first-order valence-corrected chi connectivity index (χ1v) is 10.1. The molecule has 0 nitrogen and oxygen atoms in total. The number of rotatable bonds is 2. The largest absolute Gasteiger partial charge is 0.204 e. The average molecular weight is 361 g/mol. The fraction of sp³-hybridized carbons (Fsp3) is 0.500. The predicted molar refractivity (Wildman–Crippen MR) is 110 cm³/mol. The van der Waals surface area contributed by atoms with Crippen molar-refractivity contribution in [1.29, 1.82) is 0 Å². The Balaban J connectivity index is 0.000000791. The lowest BCUT2D eigenvalue weighted by Crippen LogP contribution is -2.10. The summed E-state index contributed by atoms with van der Waals surface area (Å²) in [4.78, 5) is 0. The van der Waals surface area contributed by atoms with Gasteiger partial charge < -0.3 is 0 Å². The van der Waals surface area contributed by atoms with Crippen molar-refractivity contribution < 1.29 is 8.78 Å². The van der Waals surface area contributed by atoms with Gasteiger partial charge in [-0.1, -0.05) is 77.8 Å². The fourth-order valence-corrected chi connectivity index (χ4v) is 3.52. The molecule has 2 aromatic rings. The Morgan fingerprint density at radius 2 is 1.31 bits per heavy atom. The van der Waals surface area contributed by atoms with Gasteiger partial charge in [0.1, 0.15) is 0 Å². The molecule has 0 aliphatic heterocycles. The Labute approximate surface area is 158 Å². The van der Waals surface area contributed by atoms with E-state index in [-0.39, 0.29) is 0 Å². The monoisotopic (exact) mass is 360 g/mol. The van der Waals surface area contributed by atoms with Crippen LogP contribution >= 0.6 is 0 Å². The summed E-state index contributed by atoms with van der Waals surface area (Å²) in [6.45, 7) is 12.1. The van der Waals surface area contributed by atoms with Crippen LogP contribution < -0.4 is 0 Å². The van der Waals surface area contributed by atoms with Gasteiger partial charge in [0.2, 0.25) is 0 Å². The molecule has 2 aromatic carbocycles. The van der Waals surface area contributed by atoms with E-state index in [1.165, 1.54) is 37.3 Å². The normalized spacial score (nSPS) is 18.9. The Hall–Kier alpha value is -1.70. The number of hydrogen-bond acceptors (Lipinski definition) is 0. The van der Waals surface area contributed by atoms with Crippen LogP contribution in [0.15, 0.2) is 36.4 Å². The van der Waals surface area contributed by atoms with Gasteiger partial charge in [-0.2, -0.15) is 0 Å². The van der Waals surface area contributed by atoms with E-state index >= 15 is 0 Å². The van der Waals surface area contributed by atoms with Crippen LogP contribution in [0.1, 0.15) is 77.3 Å². The summed E-state index contributed by atoms with van der Waals surface area (Å²) in [5.74, 6) is -0.0894. The van der Waals surface area contributed by atoms with Gasteiger partial charge in [-0.3, -0.25) is 0 Å². The van der Waals surface area contributed by atoms with Gasteiger partial charge in [-0.25, -0.2) is 8.78 Å². The highest BCUT2D eigenvalue weighted by molar-refractivity contribution is 5.68. The Morgan fingerprint density at radius 1 is 0.769 bits per heavy atom. The summed E-state index contributed by atoms with van der Waals surface area (Å²) < 4.78 is 27.5. The second-order valence-corrected chi connectivity index (χ2v) is 6.63. The summed E-state index contributed by atoms with van der Waals surface area (Å²) in [6.07, 6.45) is 5.02. The van der Waals surface area contributed by atoms with Gasteiger partial charge in [-0.15, -0.1) is 0 Å². The Kier molecular flexibility index (Phi) is 9.54. The molecule has 0 unspecified atom stereocenters. The van der Waals surface area contributed by atoms with Crippen LogP contribution in [0, 0.1) is 24.5 Å². The molecule has 0 saturated heterocycles. The van der Waals surface area contributed by atoms with Crippen LogP contribution in [-0.2, 0) is 0 Å². The molecule has 0 N–H and O–H groups in total. The lowest BCUT2D eigenvalue weighted by molar-refractivity contribution is 0.348. The maximum Gasteiger partial charge on any atom is 0.166 e. The van der Waals surface area contributed by atoms with Crippen molar-refractivity contribution in [2.24, 2.45) is 5.92 Å². The zero-order valence-electron chi connectivity index (χ0n) is 17.2. The van der Waals surface area contributed by atoms with Crippen molar-refractivity contribution in [3.05, 3.63) is 59.2 Å². The molecule has 0 aromatic heterocycles. The third-order valence-corrected chi connectivity index (χ3v) is 4.99. The van der Waals surface area contributed by atoms with E-state index in [4.69, 9.17) is 0 Å². The molecule has 26 heavy (non-hydrogen) atoms. The molecule has 0 amide bonds. The highest BCUT2D eigenvalue weighted by Crippen LogP contribution is 2.36. The first-order chi connectivity index (χ1) is 12.6. The summed E-state index contributed by atoms with van der Waals surface area (Å²) in [5, 5.41) is 0. The third-order valence-electron chi connectivity index (χ3n) is 4.99. The number of benzene rings is 2. The molecular formula is C24H34F2. The first-order valence-electron chi connectivity index (χ1n) is 10.1. The van der Waals surface area contributed by atoms with Gasteiger partial charge in [-0.05, 0) is 54.4 Å². The maximum absolute atomic E-state index is 14.1. The summed E-state index contributed by atoms with van der Waals surface area (Å²) in [5.41, 5.74) is 3.22. The van der Waals surface area contributed by atoms with E-state index in [1.807, 2.05) is 46.8 Å². The van der Waals surface area contributed by atoms with E-state index in [1.54, 1.807) is 6.07 Å². The molecule has 1 fully saturated rings. The molecular weight excluding hydrogens is 326 g/mol. The van der Waals surface area contributed by atoms with E-state index in [0.717, 1.165) is 17.0 Å². The molecule has 3 rings (SSSR count). The summed E-state index contributed by atoms with van der Waals surface area (Å²) in [6, 6.07) is 10.8. The first kappa shape index (κ1) is 22.3. The maximum atomic E-state index is 14.1.